The number of halogens is 2. The molecular formula is C9H5BrClNO. The zero-order valence-electron chi connectivity index (χ0n) is 6.50. The van der Waals surface area contributed by atoms with Gasteiger partial charge in [0.25, 0.3) is 4.80 Å². The fourth-order valence-electron chi connectivity index (χ4n) is 1.04. The van der Waals surface area contributed by atoms with Crippen LogP contribution in [0.1, 0.15) is 0 Å². The topological polar surface area (TPSA) is 26.0 Å². The van der Waals surface area contributed by atoms with Crippen LogP contribution in [0.5, 0.6) is 0 Å². The van der Waals surface area contributed by atoms with Crippen molar-refractivity contribution in [3.05, 3.63) is 40.3 Å². The summed E-state index contributed by atoms with van der Waals surface area (Å²) in [6, 6.07) is 7.47. The lowest BCUT2D eigenvalue weighted by Gasteiger charge is -1.97. The van der Waals surface area contributed by atoms with Crippen LogP contribution in [-0.2, 0) is 0 Å². The number of nitrogens with zero attached hydrogens (tertiary/aromatic N) is 1. The lowest BCUT2D eigenvalue weighted by Crippen LogP contribution is -1.74. The van der Waals surface area contributed by atoms with Crippen LogP contribution in [0.25, 0.3) is 11.3 Å². The van der Waals surface area contributed by atoms with E-state index < -0.39 is 0 Å². The summed E-state index contributed by atoms with van der Waals surface area (Å²) < 4.78 is 5.27. The van der Waals surface area contributed by atoms with Gasteiger partial charge in [0, 0.05) is 21.5 Å². The van der Waals surface area contributed by atoms with Crippen molar-refractivity contribution in [3.8, 4) is 11.3 Å². The van der Waals surface area contributed by atoms with Crippen LogP contribution < -0.4 is 0 Å². The van der Waals surface area contributed by atoms with Crippen LogP contribution >= 0.6 is 27.5 Å². The summed E-state index contributed by atoms with van der Waals surface area (Å²) in [6.07, 6.45) is 1.63. The molecule has 0 amide bonds. The van der Waals surface area contributed by atoms with Crippen molar-refractivity contribution in [1.29, 1.82) is 0 Å². The number of rotatable bonds is 1. The molecule has 1 heterocycles. The summed E-state index contributed by atoms with van der Waals surface area (Å²) in [4.78, 5) is 4.39. The van der Waals surface area contributed by atoms with Gasteiger partial charge in [-0.2, -0.15) is 0 Å². The molecule has 1 aromatic carbocycles. The highest BCUT2D eigenvalue weighted by molar-refractivity contribution is 9.10. The van der Waals surface area contributed by atoms with E-state index in [2.05, 4.69) is 20.9 Å². The zero-order chi connectivity index (χ0) is 9.26. The third kappa shape index (κ3) is 1.76. The Morgan fingerprint density at radius 2 is 2.08 bits per heavy atom. The lowest BCUT2D eigenvalue weighted by atomic mass is 10.2. The van der Waals surface area contributed by atoms with Crippen molar-refractivity contribution in [1.82, 2.24) is 4.98 Å². The minimum Gasteiger partial charge on any atom is -0.431 e. The van der Waals surface area contributed by atoms with Crippen LogP contribution in [0.15, 0.2) is 39.7 Å². The number of benzene rings is 1. The van der Waals surface area contributed by atoms with Gasteiger partial charge in [0.15, 0.2) is 5.76 Å². The molecule has 0 fully saturated rings. The summed E-state index contributed by atoms with van der Waals surface area (Å²) in [5.41, 5.74) is 0.849. The first kappa shape index (κ1) is 8.78. The molecule has 0 unspecified atom stereocenters. The van der Waals surface area contributed by atoms with Gasteiger partial charge in [0.1, 0.15) is 0 Å². The minimum absolute atomic E-state index is 0.461. The van der Waals surface area contributed by atoms with Crippen LogP contribution in [0.4, 0.5) is 0 Å². The Labute approximate surface area is 88.7 Å². The standard InChI is InChI=1S/C9H5BrClNO/c10-9-12-5-8(13-9)6-3-1-2-4-7(6)11/h1-5H. The summed E-state index contributed by atoms with van der Waals surface area (Å²) in [5, 5.41) is 0.658. The smallest absolute Gasteiger partial charge is 0.264 e. The maximum atomic E-state index is 5.96. The molecule has 2 rings (SSSR count). The molecule has 0 saturated carbocycles. The Hall–Kier alpha value is -0.800. The van der Waals surface area contributed by atoms with E-state index in [0.717, 1.165) is 5.56 Å². The molecule has 4 heteroatoms. The molecular weight excluding hydrogens is 253 g/mol. The van der Waals surface area contributed by atoms with Crippen molar-refractivity contribution in [2.75, 3.05) is 0 Å². The second-order valence-corrected chi connectivity index (χ2v) is 3.54. The van der Waals surface area contributed by atoms with Crippen LogP contribution in [0.2, 0.25) is 5.02 Å². The predicted octanol–water partition coefficient (Wildman–Crippen LogP) is 3.76. The van der Waals surface area contributed by atoms with Gasteiger partial charge in [0.2, 0.25) is 0 Å². The third-order valence-corrected chi connectivity index (χ3v) is 2.31. The molecule has 2 aromatic rings. The van der Waals surface area contributed by atoms with Crippen LogP contribution in [0, 0.1) is 0 Å². The summed E-state index contributed by atoms with van der Waals surface area (Å²) in [7, 11) is 0. The molecule has 0 aliphatic carbocycles. The number of hydrogen-bond donors (Lipinski definition) is 0. The summed E-state index contributed by atoms with van der Waals surface area (Å²) in [6.45, 7) is 0. The highest BCUT2D eigenvalue weighted by Gasteiger charge is 2.06. The summed E-state index contributed by atoms with van der Waals surface area (Å²) in [5.74, 6) is 0.664. The van der Waals surface area contributed by atoms with Gasteiger partial charge < -0.3 is 4.42 Å². The largest absolute Gasteiger partial charge is 0.431 e. The number of aromatic nitrogens is 1. The van der Waals surface area contributed by atoms with E-state index in [1.807, 2.05) is 24.3 Å². The first-order valence-electron chi connectivity index (χ1n) is 3.63. The molecule has 2 nitrogen and oxygen atoms in total. The van der Waals surface area contributed by atoms with Crippen molar-refractivity contribution in [2.24, 2.45) is 0 Å². The monoisotopic (exact) mass is 257 g/mol. The molecule has 0 radical (unpaired) electrons. The number of oxazole rings is 1. The molecule has 13 heavy (non-hydrogen) atoms. The van der Waals surface area contributed by atoms with E-state index >= 15 is 0 Å². The minimum atomic E-state index is 0.461. The maximum absolute atomic E-state index is 5.96. The van der Waals surface area contributed by atoms with Crippen molar-refractivity contribution < 1.29 is 4.42 Å². The molecule has 1 aromatic heterocycles. The lowest BCUT2D eigenvalue weighted by molar-refractivity contribution is 0.542. The van der Waals surface area contributed by atoms with E-state index in [1.54, 1.807) is 6.20 Å². The van der Waals surface area contributed by atoms with E-state index in [0.29, 0.717) is 15.6 Å². The van der Waals surface area contributed by atoms with Crippen molar-refractivity contribution >= 4 is 27.5 Å². The molecule has 0 N–H and O–H groups in total. The molecule has 0 aliphatic heterocycles. The number of hydrogen-bond acceptors (Lipinski definition) is 2. The van der Waals surface area contributed by atoms with Gasteiger partial charge in [0.05, 0.1) is 11.2 Å². The van der Waals surface area contributed by atoms with Gasteiger partial charge in [-0.15, -0.1) is 0 Å². The van der Waals surface area contributed by atoms with Crippen molar-refractivity contribution in [2.45, 2.75) is 0 Å². The maximum Gasteiger partial charge on any atom is 0.264 e. The Morgan fingerprint density at radius 3 is 2.69 bits per heavy atom. The van der Waals surface area contributed by atoms with E-state index in [1.165, 1.54) is 0 Å². The van der Waals surface area contributed by atoms with Gasteiger partial charge in [-0.25, -0.2) is 4.98 Å². The Bertz CT molecular complexity index is 427. The molecule has 0 aliphatic rings. The first-order chi connectivity index (χ1) is 6.27. The quantitative estimate of drug-likeness (QED) is 0.778. The highest BCUT2D eigenvalue weighted by atomic mass is 79.9. The molecule has 0 atom stereocenters. The molecule has 66 valence electrons. The predicted molar refractivity (Wildman–Crippen MR) is 54.6 cm³/mol. The van der Waals surface area contributed by atoms with Crippen LogP contribution in [0.3, 0.4) is 0 Å². The van der Waals surface area contributed by atoms with Crippen molar-refractivity contribution in [3.63, 3.8) is 0 Å². The first-order valence-corrected chi connectivity index (χ1v) is 4.81. The van der Waals surface area contributed by atoms with E-state index in [-0.39, 0.29) is 0 Å². The Morgan fingerprint density at radius 1 is 1.31 bits per heavy atom. The third-order valence-electron chi connectivity index (χ3n) is 1.62. The van der Waals surface area contributed by atoms with Gasteiger partial charge >= 0.3 is 0 Å². The van der Waals surface area contributed by atoms with E-state index in [9.17, 15) is 0 Å². The fraction of sp³-hybridized carbons (Fsp3) is 0. The van der Waals surface area contributed by atoms with Gasteiger partial charge in [-0.05, 0) is 12.1 Å². The molecule has 0 spiro atoms. The highest BCUT2D eigenvalue weighted by Crippen LogP contribution is 2.28. The average Bonchev–Trinajstić information content (AvgIpc) is 2.53. The zero-order valence-corrected chi connectivity index (χ0v) is 8.84. The Balaban J connectivity index is 2.52. The molecule has 0 bridgehead atoms. The van der Waals surface area contributed by atoms with E-state index in [4.69, 9.17) is 16.0 Å². The van der Waals surface area contributed by atoms with Gasteiger partial charge in [-0.3, -0.25) is 0 Å². The van der Waals surface area contributed by atoms with Crippen LogP contribution in [-0.4, -0.2) is 4.98 Å². The fourth-order valence-corrected chi connectivity index (χ4v) is 1.54. The molecule has 0 saturated heterocycles. The average molecular weight is 259 g/mol. The normalized spacial score (nSPS) is 10.3. The SMILES string of the molecule is Clc1ccccc1-c1cnc(Br)o1. The Kier molecular flexibility index (Phi) is 2.38. The second-order valence-electron chi connectivity index (χ2n) is 2.46. The second kappa shape index (κ2) is 3.52. The summed E-state index contributed by atoms with van der Waals surface area (Å²) >= 11 is 9.10. The van der Waals surface area contributed by atoms with Gasteiger partial charge in [-0.1, -0.05) is 23.7 Å².